The van der Waals surface area contributed by atoms with Gasteiger partial charge in [-0.2, -0.15) is 5.26 Å². The summed E-state index contributed by atoms with van der Waals surface area (Å²) in [6, 6.07) is 12.4. The topological polar surface area (TPSA) is 53.2 Å². The van der Waals surface area contributed by atoms with Gasteiger partial charge in [0, 0.05) is 5.56 Å². The van der Waals surface area contributed by atoms with Crippen LogP contribution in [0.15, 0.2) is 42.5 Å². The van der Waals surface area contributed by atoms with Gasteiger partial charge in [0.25, 0.3) is 0 Å². The molecule has 1 atom stereocenters. The Kier molecular flexibility index (Phi) is 3.79. The van der Waals surface area contributed by atoms with E-state index in [1.165, 1.54) is 25.3 Å². The Bertz CT molecular complexity index is 617. The van der Waals surface area contributed by atoms with E-state index < -0.39 is 11.9 Å². The number of benzene rings is 2. The SMILES string of the molecule is COc1ccc(F)cc1C(O)c1ccc(C#N)cc1. The van der Waals surface area contributed by atoms with Crippen LogP contribution in [0.1, 0.15) is 22.8 Å². The second-order valence-electron chi connectivity index (χ2n) is 4.02. The molecule has 1 N–H and O–H groups in total. The molecule has 0 bridgehead atoms. The third kappa shape index (κ3) is 2.72. The highest BCUT2D eigenvalue weighted by atomic mass is 19.1. The van der Waals surface area contributed by atoms with E-state index in [1.54, 1.807) is 24.3 Å². The third-order valence-electron chi connectivity index (χ3n) is 2.84. The predicted molar refractivity (Wildman–Crippen MR) is 68.2 cm³/mol. The van der Waals surface area contributed by atoms with Gasteiger partial charge < -0.3 is 9.84 Å². The summed E-state index contributed by atoms with van der Waals surface area (Å²) in [6.07, 6.45) is -1.00. The van der Waals surface area contributed by atoms with Crippen LogP contribution in [0.5, 0.6) is 5.75 Å². The summed E-state index contributed by atoms with van der Waals surface area (Å²) in [5.41, 5.74) is 1.43. The number of nitriles is 1. The average Bonchev–Trinajstić information content (AvgIpc) is 2.46. The second kappa shape index (κ2) is 5.51. The van der Waals surface area contributed by atoms with E-state index in [9.17, 15) is 9.50 Å². The van der Waals surface area contributed by atoms with Gasteiger partial charge >= 0.3 is 0 Å². The summed E-state index contributed by atoms with van der Waals surface area (Å²) in [5.74, 6) is -0.0262. The Balaban J connectivity index is 2.40. The summed E-state index contributed by atoms with van der Waals surface area (Å²) in [7, 11) is 1.46. The fourth-order valence-electron chi connectivity index (χ4n) is 1.84. The Morgan fingerprint density at radius 3 is 2.47 bits per heavy atom. The van der Waals surface area contributed by atoms with E-state index in [-0.39, 0.29) is 0 Å². The van der Waals surface area contributed by atoms with Crippen molar-refractivity contribution in [2.75, 3.05) is 7.11 Å². The lowest BCUT2D eigenvalue weighted by Gasteiger charge is -2.15. The van der Waals surface area contributed by atoms with Crippen LogP contribution in [0.3, 0.4) is 0 Å². The zero-order chi connectivity index (χ0) is 13.8. The molecular weight excluding hydrogens is 245 g/mol. The molecule has 0 aromatic heterocycles. The van der Waals surface area contributed by atoms with E-state index in [0.717, 1.165) is 0 Å². The monoisotopic (exact) mass is 257 g/mol. The van der Waals surface area contributed by atoms with Crippen molar-refractivity contribution in [3.8, 4) is 11.8 Å². The number of aliphatic hydroxyl groups excluding tert-OH is 1. The average molecular weight is 257 g/mol. The molecule has 0 aliphatic rings. The molecule has 1 unspecified atom stereocenters. The summed E-state index contributed by atoms with van der Waals surface area (Å²) >= 11 is 0. The maximum atomic E-state index is 13.3. The fraction of sp³-hybridized carbons (Fsp3) is 0.133. The largest absolute Gasteiger partial charge is 0.496 e. The molecule has 0 saturated carbocycles. The minimum atomic E-state index is -1.00. The van der Waals surface area contributed by atoms with Gasteiger partial charge in [0.05, 0.1) is 18.7 Å². The van der Waals surface area contributed by atoms with Crippen molar-refractivity contribution >= 4 is 0 Å². The minimum absolute atomic E-state index is 0.354. The summed E-state index contributed by atoms with van der Waals surface area (Å²) in [4.78, 5) is 0. The number of hydrogen-bond donors (Lipinski definition) is 1. The standard InChI is InChI=1S/C15H12FNO2/c1-19-14-7-6-12(16)8-13(14)15(18)11-4-2-10(9-17)3-5-11/h2-8,15,18H,1H3. The maximum absolute atomic E-state index is 13.3. The van der Waals surface area contributed by atoms with E-state index >= 15 is 0 Å². The third-order valence-corrected chi connectivity index (χ3v) is 2.84. The van der Waals surface area contributed by atoms with Gasteiger partial charge in [-0.05, 0) is 35.9 Å². The number of nitrogens with zero attached hydrogens (tertiary/aromatic N) is 1. The molecule has 2 rings (SSSR count). The van der Waals surface area contributed by atoms with Crippen molar-refractivity contribution in [2.45, 2.75) is 6.10 Å². The molecule has 3 nitrogen and oxygen atoms in total. The van der Waals surface area contributed by atoms with E-state index in [0.29, 0.717) is 22.4 Å². The Morgan fingerprint density at radius 1 is 1.21 bits per heavy atom. The van der Waals surface area contributed by atoms with Crippen molar-refractivity contribution in [3.05, 3.63) is 65.0 Å². The first-order valence-electron chi connectivity index (χ1n) is 5.67. The van der Waals surface area contributed by atoms with Gasteiger partial charge in [0.15, 0.2) is 0 Å². The van der Waals surface area contributed by atoms with Gasteiger partial charge in [0.1, 0.15) is 17.7 Å². The molecule has 0 amide bonds. The van der Waals surface area contributed by atoms with Gasteiger partial charge in [0.2, 0.25) is 0 Å². The van der Waals surface area contributed by atoms with Crippen molar-refractivity contribution in [2.24, 2.45) is 0 Å². The van der Waals surface area contributed by atoms with Crippen LogP contribution in [-0.4, -0.2) is 12.2 Å². The Hall–Kier alpha value is -2.38. The highest BCUT2D eigenvalue weighted by Gasteiger charge is 2.16. The maximum Gasteiger partial charge on any atom is 0.125 e. The molecule has 0 spiro atoms. The summed E-state index contributed by atoms with van der Waals surface area (Å²) in [5, 5.41) is 19.0. The fourth-order valence-corrected chi connectivity index (χ4v) is 1.84. The number of hydrogen-bond acceptors (Lipinski definition) is 3. The molecule has 0 aliphatic carbocycles. The van der Waals surface area contributed by atoms with Crippen molar-refractivity contribution in [1.82, 2.24) is 0 Å². The normalized spacial score (nSPS) is 11.7. The highest BCUT2D eigenvalue weighted by molar-refractivity contribution is 5.42. The first-order chi connectivity index (χ1) is 9.15. The molecule has 0 saturated heterocycles. The number of methoxy groups -OCH3 is 1. The lowest BCUT2D eigenvalue weighted by molar-refractivity contribution is 0.214. The second-order valence-corrected chi connectivity index (χ2v) is 4.02. The van der Waals surface area contributed by atoms with Crippen LogP contribution in [0.25, 0.3) is 0 Å². The Morgan fingerprint density at radius 2 is 1.89 bits per heavy atom. The first-order valence-corrected chi connectivity index (χ1v) is 5.67. The smallest absolute Gasteiger partial charge is 0.125 e. The zero-order valence-corrected chi connectivity index (χ0v) is 10.3. The lowest BCUT2D eigenvalue weighted by atomic mass is 9.99. The summed E-state index contributed by atoms with van der Waals surface area (Å²) < 4.78 is 18.4. The van der Waals surface area contributed by atoms with Crippen molar-refractivity contribution in [1.29, 1.82) is 5.26 Å². The van der Waals surface area contributed by atoms with Crippen molar-refractivity contribution < 1.29 is 14.2 Å². The van der Waals surface area contributed by atoms with Crippen LogP contribution >= 0.6 is 0 Å². The van der Waals surface area contributed by atoms with Gasteiger partial charge in [-0.25, -0.2) is 4.39 Å². The van der Waals surface area contributed by atoms with Crippen LogP contribution in [0.2, 0.25) is 0 Å². The van der Waals surface area contributed by atoms with E-state index in [1.807, 2.05) is 6.07 Å². The molecule has 0 radical (unpaired) electrons. The van der Waals surface area contributed by atoms with Crippen LogP contribution in [0.4, 0.5) is 4.39 Å². The molecule has 2 aromatic rings. The van der Waals surface area contributed by atoms with Gasteiger partial charge in [-0.15, -0.1) is 0 Å². The predicted octanol–water partition coefficient (Wildman–Crippen LogP) is 2.79. The van der Waals surface area contributed by atoms with Crippen LogP contribution in [-0.2, 0) is 0 Å². The van der Waals surface area contributed by atoms with E-state index in [2.05, 4.69) is 0 Å². The molecule has 96 valence electrons. The van der Waals surface area contributed by atoms with Crippen LogP contribution in [0, 0.1) is 17.1 Å². The molecule has 19 heavy (non-hydrogen) atoms. The number of halogens is 1. The quantitative estimate of drug-likeness (QED) is 0.919. The molecule has 0 heterocycles. The summed E-state index contributed by atoms with van der Waals surface area (Å²) in [6.45, 7) is 0. The van der Waals surface area contributed by atoms with Gasteiger partial charge in [-0.1, -0.05) is 12.1 Å². The van der Waals surface area contributed by atoms with Crippen molar-refractivity contribution in [3.63, 3.8) is 0 Å². The lowest BCUT2D eigenvalue weighted by Crippen LogP contribution is -2.03. The molecule has 0 aliphatic heterocycles. The minimum Gasteiger partial charge on any atom is -0.496 e. The number of rotatable bonds is 3. The van der Waals surface area contributed by atoms with E-state index in [4.69, 9.17) is 10.00 Å². The molecule has 2 aromatic carbocycles. The molecule has 4 heteroatoms. The van der Waals surface area contributed by atoms with Gasteiger partial charge in [-0.3, -0.25) is 0 Å². The van der Waals surface area contributed by atoms with Crippen LogP contribution < -0.4 is 4.74 Å². The first kappa shape index (κ1) is 13.1. The number of ether oxygens (including phenoxy) is 1. The molecule has 0 fully saturated rings. The Labute approximate surface area is 110 Å². The molecular formula is C15H12FNO2. The number of aliphatic hydroxyl groups is 1. The zero-order valence-electron chi connectivity index (χ0n) is 10.3. The highest BCUT2D eigenvalue weighted by Crippen LogP contribution is 2.30.